The van der Waals surface area contributed by atoms with Gasteiger partial charge in [-0.2, -0.15) is 0 Å². The summed E-state index contributed by atoms with van der Waals surface area (Å²) in [4.78, 5) is 43.2. The van der Waals surface area contributed by atoms with Gasteiger partial charge in [0.1, 0.15) is 10.2 Å². The molecule has 2 aromatic rings. The minimum absolute atomic E-state index is 0.0409. The van der Waals surface area contributed by atoms with Crippen LogP contribution in [0.1, 0.15) is 49.8 Å². The number of hydrogen-bond acceptors (Lipinski definition) is 6. The average Bonchev–Trinajstić information content (AvgIpc) is 2.89. The molecule has 2 amide bonds. The first kappa shape index (κ1) is 20.9. The van der Waals surface area contributed by atoms with Crippen molar-refractivity contribution in [2.75, 3.05) is 19.4 Å². The molecule has 0 unspecified atom stereocenters. The topological polar surface area (TPSA) is 88.6 Å². The maximum atomic E-state index is 12.6. The number of nitrogens with one attached hydrogen (secondary N) is 1. The van der Waals surface area contributed by atoms with Crippen LogP contribution >= 0.6 is 22.9 Å². The Hall–Kier alpha value is -2.45. The molecule has 0 saturated heterocycles. The van der Waals surface area contributed by atoms with Gasteiger partial charge >= 0.3 is 5.97 Å². The molecule has 2 rings (SSSR count). The van der Waals surface area contributed by atoms with E-state index in [0.717, 1.165) is 11.3 Å². The van der Waals surface area contributed by atoms with Crippen LogP contribution < -0.4 is 5.32 Å². The highest BCUT2D eigenvalue weighted by molar-refractivity contribution is 7.18. The van der Waals surface area contributed by atoms with Crippen molar-refractivity contribution in [2.45, 2.75) is 26.9 Å². The van der Waals surface area contributed by atoms with Gasteiger partial charge in [0, 0.05) is 20.3 Å². The Kier molecular flexibility index (Phi) is 6.56. The summed E-state index contributed by atoms with van der Waals surface area (Å²) in [6.07, 6.45) is 1.12. The molecule has 9 heteroatoms. The van der Waals surface area contributed by atoms with Crippen molar-refractivity contribution in [3.05, 3.63) is 45.1 Å². The first-order valence-electron chi connectivity index (χ1n) is 8.11. The number of aromatic nitrogens is 1. The minimum atomic E-state index is -0.607. The summed E-state index contributed by atoms with van der Waals surface area (Å²) in [5.41, 5.74) is 0.776. The smallest absolute Gasteiger partial charge is 0.341 e. The molecule has 1 N–H and O–H groups in total. The van der Waals surface area contributed by atoms with E-state index < -0.39 is 11.9 Å². The predicted octanol–water partition coefficient (Wildman–Crippen LogP) is 3.62. The number of ether oxygens (including phenoxy) is 1. The molecule has 0 aliphatic carbocycles. The average molecular weight is 410 g/mol. The van der Waals surface area contributed by atoms with Gasteiger partial charge in [-0.05, 0) is 38.5 Å². The Morgan fingerprint density at radius 3 is 2.52 bits per heavy atom. The molecule has 0 aromatic carbocycles. The molecule has 0 atom stereocenters. The van der Waals surface area contributed by atoms with Gasteiger partial charge < -0.3 is 15.0 Å². The summed E-state index contributed by atoms with van der Waals surface area (Å²) in [6.45, 7) is 5.09. The summed E-state index contributed by atoms with van der Waals surface area (Å²) < 4.78 is 5.28. The lowest BCUT2D eigenvalue weighted by molar-refractivity contribution is 0.0379. The van der Waals surface area contributed by atoms with E-state index in [1.165, 1.54) is 17.2 Å². The molecule has 27 heavy (non-hydrogen) atoms. The predicted molar refractivity (Wildman–Crippen MR) is 105 cm³/mol. The molecule has 0 aliphatic rings. The van der Waals surface area contributed by atoms with E-state index in [9.17, 15) is 14.4 Å². The Morgan fingerprint density at radius 1 is 1.30 bits per heavy atom. The number of thiophene rings is 1. The van der Waals surface area contributed by atoms with Crippen LogP contribution in [-0.4, -0.2) is 47.9 Å². The summed E-state index contributed by atoms with van der Waals surface area (Å²) in [5.74, 6) is -1.41. The van der Waals surface area contributed by atoms with Crippen molar-refractivity contribution < 1.29 is 19.1 Å². The second kappa shape index (κ2) is 8.49. The van der Waals surface area contributed by atoms with E-state index in [2.05, 4.69) is 10.3 Å². The number of amides is 2. The van der Waals surface area contributed by atoms with E-state index in [-0.39, 0.29) is 33.3 Å². The zero-order valence-electron chi connectivity index (χ0n) is 15.6. The molecule has 0 fully saturated rings. The Labute approximate surface area is 166 Å². The third kappa shape index (κ3) is 4.64. The van der Waals surface area contributed by atoms with E-state index in [1.54, 1.807) is 40.9 Å². The normalized spacial score (nSPS) is 10.6. The molecule has 0 radical (unpaired) electrons. The van der Waals surface area contributed by atoms with Crippen LogP contribution in [-0.2, 0) is 4.74 Å². The molecule has 0 aliphatic heterocycles. The SMILES string of the molecule is Cc1c(C(=O)N(C)C)sc(NC(=O)c2cccnc2Cl)c1C(=O)OC(C)C. The second-order valence-corrected chi connectivity index (χ2v) is 7.59. The van der Waals surface area contributed by atoms with Gasteiger partial charge in [0.2, 0.25) is 0 Å². The number of hydrogen-bond donors (Lipinski definition) is 1. The van der Waals surface area contributed by atoms with Crippen LogP contribution in [0.4, 0.5) is 5.00 Å². The number of rotatable bonds is 5. The molecular weight excluding hydrogens is 390 g/mol. The lowest BCUT2D eigenvalue weighted by Crippen LogP contribution is -2.21. The molecule has 2 heterocycles. The summed E-state index contributed by atoms with van der Waals surface area (Å²) >= 11 is 6.98. The Bertz CT molecular complexity index is 893. The second-order valence-electron chi connectivity index (χ2n) is 6.21. The van der Waals surface area contributed by atoms with Crippen molar-refractivity contribution in [3.63, 3.8) is 0 Å². The van der Waals surface area contributed by atoms with Crippen molar-refractivity contribution >= 4 is 45.7 Å². The monoisotopic (exact) mass is 409 g/mol. The van der Waals surface area contributed by atoms with Gasteiger partial charge in [-0.25, -0.2) is 9.78 Å². The number of nitrogens with zero attached hydrogens (tertiary/aromatic N) is 2. The molecule has 7 nitrogen and oxygen atoms in total. The van der Waals surface area contributed by atoms with E-state index >= 15 is 0 Å². The Morgan fingerprint density at radius 2 is 1.96 bits per heavy atom. The standard InChI is InChI=1S/C18H20ClN3O4S/c1-9(2)26-18(25)12-10(3)13(17(24)22(4)5)27-16(12)21-15(23)11-7-6-8-20-14(11)19/h6-9H,1-5H3,(H,21,23). The quantitative estimate of drug-likeness (QED) is 0.601. The van der Waals surface area contributed by atoms with Gasteiger partial charge in [0.05, 0.1) is 22.1 Å². The highest BCUT2D eigenvalue weighted by Gasteiger charge is 2.28. The van der Waals surface area contributed by atoms with Gasteiger partial charge in [0.15, 0.2) is 0 Å². The summed E-state index contributed by atoms with van der Waals surface area (Å²) in [6, 6.07) is 3.10. The number of pyridine rings is 1. The van der Waals surface area contributed by atoms with E-state index in [1.807, 2.05) is 0 Å². The van der Waals surface area contributed by atoms with E-state index in [4.69, 9.17) is 16.3 Å². The van der Waals surface area contributed by atoms with Crippen LogP contribution in [0.2, 0.25) is 5.15 Å². The van der Waals surface area contributed by atoms with Gasteiger partial charge in [-0.15, -0.1) is 11.3 Å². The Balaban J connectivity index is 2.48. The van der Waals surface area contributed by atoms with Crippen LogP contribution in [0, 0.1) is 6.92 Å². The third-order valence-corrected chi connectivity index (χ3v) is 5.02. The van der Waals surface area contributed by atoms with Gasteiger partial charge in [-0.3, -0.25) is 9.59 Å². The van der Waals surface area contributed by atoms with Gasteiger partial charge in [-0.1, -0.05) is 11.6 Å². The zero-order valence-corrected chi connectivity index (χ0v) is 17.2. The molecule has 0 spiro atoms. The number of halogens is 1. The summed E-state index contributed by atoms with van der Waals surface area (Å²) in [7, 11) is 3.22. The van der Waals surface area contributed by atoms with Crippen LogP contribution in [0.5, 0.6) is 0 Å². The number of esters is 1. The van der Waals surface area contributed by atoms with Crippen molar-refractivity contribution in [1.29, 1.82) is 0 Å². The van der Waals surface area contributed by atoms with Crippen molar-refractivity contribution in [3.8, 4) is 0 Å². The minimum Gasteiger partial charge on any atom is -0.459 e. The first-order chi connectivity index (χ1) is 12.6. The first-order valence-corrected chi connectivity index (χ1v) is 9.30. The maximum absolute atomic E-state index is 12.6. The zero-order chi connectivity index (χ0) is 20.3. The van der Waals surface area contributed by atoms with Crippen LogP contribution in [0.25, 0.3) is 0 Å². The number of carbonyl (C=O) groups excluding carboxylic acids is 3. The maximum Gasteiger partial charge on any atom is 0.341 e. The number of anilines is 1. The highest BCUT2D eigenvalue weighted by atomic mass is 35.5. The van der Waals surface area contributed by atoms with Gasteiger partial charge in [0.25, 0.3) is 11.8 Å². The molecular formula is C18H20ClN3O4S. The highest BCUT2D eigenvalue weighted by Crippen LogP contribution is 2.35. The summed E-state index contributed by atoms with van der Waals surface area (Å²) in [5, 5.41) is 2.93. The van der Waals surface area contributed by atoms with E-state index in [0.29, 0.717) is 10.4 Å². The van der Waals surface area contributed by atoms with Crippen LogP contribution in [0.3, 0.4) is 0 Å². The van der Waals surface area contributed by atoms with Crippen molar-refractivity contribution in [2.24, 2.45) is 0 Å². The lowest BCUT2D eigenvalue weighted by atomic mass is 10.1. The molecule has 144 valence electrons. The fraction of sp³-hybridized carbons (Fsp3) is 0.333. The number of carbonyl (C=O) groups is 3. The molecule has 0 saturated carbocycles. The largest absolute Gasteiger partial charge is 0.459 e. The molecule has 2 aromatic heterocycles. The fourth-order valence-corrected chi connectivity index (χ4v) is 3.67. The van der Waals surface area contributed by atoms with Crippen LogP contribution in [0.15, 0.2) is 18.3 Å². The molecule has 0 bridgehead atoms. The lowest BCUT2D eigenvalue weighted by Gasteiger charge is -2.11. The van der Waals surface area contributed by atoms with Crippen molar-refractivity contribution in [1.82, 2.24) is 9.88 Å². The third-order valence-electron chi connectivity index (χ3n) is 3.52. The fourth-order valence-electron chi connectivity index (χ4n) is 2.25.